The number of halogens is 3. The normalized spacial score (nSPS) is 30.7. The molecule has 0 aromatic carbocycles. The minimum absolute atomic E-state index is 0.196. The van der Waals surface area contributed by atoms with Crippen LogP contribution < -0.4 is 5.32 Å². The highest BCUT2D eigenvalue weighted by atomic mass is 19.4. The second-order valence-corrected chi connectivity index (χ2v) is 7.32. The summed E-state index contributed by atoms with van der Waals surface area (Å²) in [5.74, 6) is 0.726. The van der Waals surface area contributed by atoms with Crippen LogP contribution in [0.2, 0.25) is 0 Å². The Morgan fingerprint density at radius 2 is 1.81 bits per heavy atom. The van der Waals surface area contributed by atoms with Crippen LogP contribution in [0.1, 0.15) is 57.8 Å². The number of hydrogen-bond donors (Lipinski definition) is 1. The first kappa shape index (κ1) is 15.6. The number of hydrogen-bond acceptors (Lipinski definition) is 2. The molecule has 0 aromatic rings. The number of rotatable bonds is 4. The lowest BCUT2D eigenvalue weighted by molar-refractivity contribution is -0.136. The fraction of sp³-hybridized carbons (Fsp3) is 1.00. The number of nitrogens with zero attached hydrogens (tertiary/aromatic N) is 1. The topological polar surface area (TPSA) is 15.3 Å². The Morgan fingerprint density at radius 3 is 2.43 bits per heavy atom. The van der Waals surface area contributed by atoms with E-state index in [1.165, 1.54) is 44.9 Å². The molecule has 3 rings (SSSR count). The van der Waals surface area contributed by atoms with Crippen LogP contribution in [0.15, 0.2) is 0 Å². The summed E-state index contributed by atoms with van der Waals surface area (Å²) in [4.78, 5) is 2.39. The molecular weight excluding hydrogens is 277 g/mol. The molecule has 0 bridgehead atoms. The fourth-order valence-corrected chi connectivity index (χ4v) is 4.25. The Labute approximate surface area is 125 Å². The zero-order valence-electron chi connectivity index (χ0n) is 12.7. The van der Waals surface area contributed by atoms with Crippen molar-refractivity contribution in [1.82, 2.24) is 10.2 Å². The van der Waals surface area contributed by atoms with Gasteiger partial charge in [0, 0.05) is 31.1 Å². The lowest BCUT2D eigenvalue weighted by atomic mass is 9.79. The third-order valence-electron chi connectivity index (χ3n) is 5.54. The SMILES string of the molecule is FC(F)(F)CCCN1CC2(CCCCC2)NCC1C1CC1. The summed E-state index contributed by atoms with van der Waals surface area (Å²) in [6.07, 6.45) is 4.35. The largest absolute Gasteiger partial charge is 0.389 e. The van der Waals surface area contributed by atoms with Crippen molar-refractivity contribution < 1.29 is 13.2 Å². The molecule has 0 radical (unpaired) electrons. The summed E-state index contributed by atoms with van der Waals surface area (Å²) in [5.41, 5.74) is 0.196. The van der Waals surface area contributed by atoms with E-state index < -0.39 is 12.6 Å². The number of piperazine rings is 1. The maximum atomic E-state index is 12.4. The maximum absolute atomic E-state index is 12.4. The molecule has 21 heavy (non-hydrogen) atoms. The fourth-order valence-electron chi connectivity index (χ4n) is 4.25. The van der Waals surface area contributed by atoms with E-state index in [-0.39, 0.29) is 12.0 Å². The minimum Gasteiger partial charge on any atom is -0.308 e. The molecule has 1 N–H and O–H groups in total. The Kier molecular flexibility index (Phi) is 4.51. The van der Waals surface area contributed by atoms with Crippen LogP contribution in [-0.4, -0.2) is 42.3 Å². The van der Waals surface area contributed by atoms with Gasteiger partial charge >= 0.3 is 6.18 Å². The van der Waals surface area contributed by atoms with Crippen molar-refractivity contribution in [3.8, 4) is 0 Å². The highest BCUT2D eigenvalue weighted by Gasteiger charge is 2.44. The van der Waals surface area contributed by atoms with Gasteiger partial charge in [0.05, 0.1) is 0 Å². The van der Waals surface area contributed by atoms with E-state index in [4.69, 9.17) is 0 Å². The van der Waals surface area contributed by atoms with Crippen LogP contribution in [0.3, 0.4) is 0 Å². The van der Waals surface area contributed by atoms with Gasteiger partial charge in [-0.1, -0.05) is 19.3 Å². The second kappa shape index (κ2) is 6.07. The highest BCUT2D eigenvalue weighted by molar-refractivity contribution is 5.03. The molecule has 1 spiro atoms. The third-order valence-corrected chi connectivity index (χ3v) is 5.54. The van der Waals surface area contributed by atoms with Gasteiger partial charge in [-0.3, -0.25) is 4.90 Å². The van der Waals surface area contributed by atoms with Crippen LogP contribution in [0, 0.1) is 5.92 Å². The van der Waals surface area contributed by atoms with E-state index in [0.29, 0.717) is 12.6 Å². The summed E-state index contributed by atoms with van der Waals surface area (Å²) in [5, 5.41) is 3.78. The third kappa shape index (κ3) is 4.13. The van der Waals surface area contributed by atoms with Crippen LogP contribution in [0.5, 0.6) is 0 Å². The van der Waals surface area contributed by atoms with Crippen molar-refractivity contribution in [1.29, 1.82) is 0 Å². The lowest BCUT2D eigenvalue weighted by Gasteiger charge is -2.50. The molecular formula is C16H27F3N2. The van der Waals surface area contributed by atoms with Crippen molar-refractivity contribution in [3.63, 3.8) is 0 Å². The highest BCUT2D eigenvalue weighted by Crippen LogP contribution is 2.40. The first-order valence-corrected chi connectivity index (χ1v) is 8.53. The second-order valence-electron chi connectivity index (χ2n) is 7.32. The summed E-state index contributed by atoms with van der Waals surface area (Å²) >= 11 is 0. The molecule has 2 aliphatic carbocycles. The molecule has 5 heteroatoms. The summed E-state index contributed by atoms with van der Waals surface area (Å²) in [6, 6.07) is 0.478. The summed E-state index contributed by atoms with van der Waals surface area (Å²) in [6.45, 7) is 2.56. The molecule has 1 atom stereocenters. The molecule has 1 saturated heterocycles. The lowest BCUT2D eigenvalue weighted by Crippen LogP contribution is -2.65. The molecule has 1 heterocycles. The predicted molar refractivity (Wildman–Crippen MR) is 77.2 cm³/mol. The molecule has 1 aliphatic heterocycles. The summed E-state index contributed by atoms with van der Waals surface area (Å²) < 4.78 is 37.2. The number of nitrogens with one attached hydrogen (secondary N) is 1. The van der Waals surface area contributed by atoms with Crippen molar-refractivity contribution in [2.24, 2.45) is 5.92 Å². The van der Waals surface area contributed by atoms with Gasteiger partial charge in [-0.05, 0) is 44.6 Å². The molecule has 0 amide bonds. The van der Waals surface area contributed by atoms with Gasteiger partial charge in [-0.15, -0.1) is 0 Å². The summed E-state index contributed by atoms with van der Waals surface area (Å²) in [7, 11) is 0. The van der Waals surface area contributed by atoms with E-state index in [0.717, 1.165) is 19.0 Å². The monoisotopic (exact) mass is 304 g/mol. The van der Waals surface area contributed by atoms with Gasteiger partial charge in [-0.2, -0.15) is 13.2 Å². The average molecular weight is 304 g/mol. The van der Waals surface area contributed by atoms with E-state index in [1.54, 1.807) is 0 Å². The van der Waals surface area contributed by atoms with Gasteiger partial charge in [0.15, 0.2) is 0 Å². The van der Waals surface area contributed by atoms with E-state index in [2.05, 4.69) is 10.2 Å². The average Bonchev–Trinajstić information content (AvgIpc) is 3.23. The van der Waals surface area contributed by atoms with Gasteiger partial charge in [-0.25, -0.2) is 0 Å². The van der Waals surface area contributed by atoms with Crippen LogP contribution in [0.4, 0.5) is 13.2 Å². The van der Waals surface area contributed by atoms with Crippen molar-refractivity contribution in [3.05, 3.63) is 0 Å². The van der Waals surface area contributed by atoms with Crippen LogP contribution in [-0.2, 0) is 0 Å². The predicted octanol–water partition coefficient (Wildman–Crippen LogP) is 3.72. The Morgan fingerprint density at radius 1 is 1.10 bits per heavy atom. The van der Waals surface area contributed by atoms with Gasteiger partial charge in [0.2, 0.25) is 0 Å². The van der Waals surface area contributed by atoms with Gasteiger partial charge in [0.1, 0.15) is 0 Å². The quantitative estimate of drug-likeness (QED) is 0.851. The molecule has 2 nitrogen and oxygen atoms in total. The molecule has 1 unspecified atom stereocenters. The van der Waals surface area contributed by atoms with E-state index in [9.17, 15) is 13.2 Å². The van der Waals surface area contributed by atoms with E-state index in [1.807, 2.05) is 0 Å². The minimum atomic E-state index is -4.01. The van der Waals surface area contributed by atoms with E-state index >= 15 is 0 Å². The standard InChI is InChI=1S/C16H27F3N2/c17-16(18,19)9-4-10-21-12-15(7-2-1-3-8-15)20-11-14(21)13-5-6-13/h13-14,20H,1-12H2. The smallest absolute Gasteiger partial charge is 0.308 e. The molecule has 0 aromatic heterocycles. The van der Waals surface area contributed by atoms with Crippen LogP contribution in [0.25, 0.3) is 0 Å². The first-order valence-electron chi connectivity index (χ1n) is 8.53. The Bertz CT molecular complexity index is 346. The maximum Gasteiger partial charge on any atom is 0.389 e. The molecule has 3 fully saturated rings. The molecule has 122 valence electrons. The molecule has 2 saturated carbocycles. The van der Waals surface area contributed by atoms with Crippen LogP contribution >= 0.6 is 0 Å². The molecule has 3 aliphatic rings. The zero-order valence-corrected chi connectivity index (χ0v) is 12.7. The number of alkyl halides is 3. The van der Waals surface area contributed by atoms with Gasteiger partial charge in [0.25, 0.3) is 0 Å². The Hall–Kier alpha value is -0.290. The van der Waals surface area contributed by atoms with Gasteiger partial charge < -0.3 is 5.32 Å². The van der Waals surface area contributed by atoms with Crippen molar-refractivity contribution in [2.45, 2.75) is 75.5 Å². The zero-order chi connectivity index (χ0) is 14.9. The van der Waals surface area contributed by atoms with Crippen molar-refractivity contribution >= 4 is 0 Å². The van der Waals surface area contributed by atoms with Crippen molar-refractivity contribution in [2.75, 3.05) is 19.6 Å². The first-order chi connectivity index (χ1) is 9.98. The Balaban J connectivity index is 1.58.